The predicted octanol–water partition coefficient (Wildman–Crippen LogP) is 2.75. The molecule has 0 aliphatic heterocycles. The van der Waals surface area contributed by atoms with Crippen molar-refractivity contribution in [3.05, 3.63) is 64.2 Å². The lowest BCUT2D eigenvalue weighted by Crippen LogP contribution is -2.17. The Morgan fingerprint density at radius 1 is 1.07 bits per heavy atom. The minimum atomic E-state index is -0.703. The number of rotatable bonds is 9. The van der Waals surface area contributed by atoms with Gasteiger partial charge < -0.3 is 14.8 Å². The van der Waals surface area contributed by atoms with E-state index in [1.807, 2.05) is 0 Å². The van der Waals surface area contributed by atoms with Gasteiger partial charge in [0.1, 0.15) is 5.75 Å². The minimum absolute atomic E-state index is 0.159. The number of carbonyl (C=O) groups is 3. The summed E-state index contributed by atoms with van der Waals surface area (Å²) in [6.07, 6.45) is -0.416. The molecule has 146 valence electrons. The van der Waals surface area contributed by atoms with Gasteiger partial charge in [0.2, 0.25) is 5.91 Å². The number of hydrogen-bond acceptors (Lipinski definition) is 7. The molecule has 0 fully saturated rings. The van der Waals surface area contributed by atoms with Crippen molar-refractivity contribution in [2.45, 2.75) is 12.8 Å². The zero-order valence-electron chi connectivity index (χ0n) is 15.0. The van der Waals surface area contributed by atoms with Crippen molar-refractivity contribution in [2.75, 3.05) is 19.0 Å². The molecule has 9 heteroatoms. The fourth-order valence-corrected chi connectivity index (χ4v) is 2.23. The number of nitrogens with zero attached hydrogens (tertiary/aromatic N) is 1. The molecular weight excluding hydrogens is 368 g/mol. The van der Waals surface area contributed by atoms with E-state index in [0.29, 0.717) is 11.3 Å². The Balaban J connectivity index is 1.77. The number of hydrogen-bond donors (Lipinski definition) is 1. The SMILES string of the molecule is COc1cccc(C(=O)COC(=O)CCC(=O)Nc2cccc([N+](=O)[O-])c2)c1. The van der Waals surface area contributed by atoms with Crippen molar-refractivity contribution in [3.8, 4) is 5.75 Å². The van der Waals surface area contributed by atoms with Gasteiger partial charge in [0.25, 0.3) is 5.69 Å². The number of Topliss-reactive ketones (excluding diaryl/α,β-unsaturated/α-hetero) is 1. The molecule has 28 heavy (non-hydrogen) atoms. The number of amides is 1. The predicted molar refractivity (Wildman–Crippen MR) is 99.2 cm³/mol. The summed E-state index contributed by atoms with van der Waals surface area (Å²) in [5, 5.41) is 13.2. The van der Waals surface area contributed by atoms with Crippen molar-refractivity contribution < 1.29 is 28.8 Å². The third kappa shape index (κ3) is 6.20. The van der Waals surface area contributed by atoms with Gasteiger partial charge in [-0.3, -0.25) is 24.5 Å². The summed E-state index contributed by atoms with van der Waals surface area (Å²) >= 11 is 0. The number of ketones is 1. The monoisotopic (exact) mass is 386 g/mol. The first kappa shape index (κ1) is 20.6. The first-order valence-corrected chi connectivity index (χ1v) is 8.26. The highest BCUT2D eigenvalue weighted by atomic mass is 16.6. The lowest BCUT2D eigenvalue weighted by molar-refractivity contribution is -0.384. The summed E-state index contributed by atoms with van der Waals surface area (Å²) in [7, 11) is 1.47. The van der Waals surface area contributed by atoms with Crippen LogP contribution in [-0.2, 0) is 14.3 Å². The van der Waals surface area contributed by atoms with Gasteiger partial charge in [-0.05, 0) is 18.2 Å². The third-order valence-electron chi connectivity index (χ3n) is 3.65. The summed E-state index contributed by atoms with van der Waals surface area (Å²) in [5.74, 6) is -1.09. The highest BCUT2D eigenvalue weighted by Gasteiger charge is 2.13. The molecule has 0 aliphatic rings. The maximum absolute atomic E-state index is 12.0. The van der Waals surface area contributed by atoms with Gasteiger partial charge in [-0.25, -0.2) is 0 Å². The van der Waals surface area contributed by atoms with Crippen LogP contribution in [0.4, 0.5) is 11.4 Å². The number of nitrogens with one attached hydrogen (secondary N) is 1. The average Bonchev–Trinajstić information content (AvgIpc) is 2.70. The van der Waals surface area contributed by atoms with Crippen LogP contribution >= 0.6 is 0 Å². The number of anilines is 1. The second kappa shape index (κ2) is 9.81. The third-order valence-corrected chi connectivity index (χ3v) is 3.65. The molecule has 0 aliphatic carbocycles. The van der Waals surface area contributed by atoms with Crippen molar-refractivity contribution in [2.24, 2.45) is 0 Å². The van der Waals surface area contributed by atoms with Crippen LogP contribution in [0.3, 0.4) is 0 Å². The second-order valence-corrected chi connectivity index (χ2v) is 5.67. The zero-order chi connectivity index (χ0) is 20.5. The number of non-ortho nitro benzene ring substituents is 1. The summed E-state index contributed by atoms with van der Waals surface area (Å²) in [6.45, 7) is -0.446. The molecule has 0 heterocycles. The van der Waals surface area contributed by atoms with E-state index < -0.39 is 29.2 Å². The van der Waals surface area contributed by atoms with Gasteiger partial charge in [-0.15, -0.1) is 0 Å². The number of carbonyl (C=O) groups excluding carboxylic acids is 3. The molecule has 0 spiro atoms. The molecule has 0 saturated carbocycles. The fourth-order valence-electron chi connectivity index (χ4n) is 2.23. The molecule has 0 aromatic heterocycles. The topological polar surface area (TPSA) is 125 Å². The van der Waals surface area contributed by atoms with Crippen LogP contribution in [0.5, 0.6) is 5.75 Å². The van der Waals surface area contributed by atoms with Crippen LogP contribution in [-0.4, -0.2) is 36.3 Å². The Hall–Kier alpha value is -3.75. The van der Waals surface area contributed by atoms with Gasteiger partial charge in [-0.1, -0.05) is 18.2 Å². The first-order valence-electron chi connectivity index (χ1n) is 8.26. The molecular formula is C19H18N2O7. The first-order chi connectivity index (χ1) is 13.4. The van der Waals surface area contributed by atoms with Crippen LogP contribution in [0.2, 0.25) is 0 Å². The Bertz CT molecular complexity index is 895. The molecule has 1 amide bonds. The minimum Gasteiger partial charge on any atom is -0.497 e. The number of methoxy groups -OCH3 is 1. The fraction of sp³-hybridized carbons (Fsp3) is 0.211. The van der Waals surface area contributed by atoms with Crippen molar-refractivity contribution >= 4 is 29.0 Å². The number of nitro groups is 1. The van der Waals surface area contributed by atoms with E-state index in [9.17, 15) is 24.5 Å². The highest BCUT2D eigenvalue weighted by molar-refractivity contribution is 5.98. The summed E-state index contributed by atoms with van der Waals surface area (Å²) in [4.78, 5) is 45.7. The highest BCUT2D eigenvalue weighted by Crippen LogP contribution is 2.17. The van der Waals surface area contributed by atoms with Crippen molar-refractivity contribution in [3.63, 3.8) is 0 Å². The van der Waals surface area contributed by atoms with Crippen molar-refractivity contribution in [1.29, 1.82) is 0 Å². The molecule has 0 unspecified atom stereocenters. The number of esters is 1. The summed E-state index contributed by atoms with van der Waals surface area (Å²) in [6, 6.07) is 11.9. The Morgan fingerprint density at radius 3 is 2.54 bits per heavy atom. The van der Waals surface area contributed by atoms with E-state index in [4.69, 9.17) is 9.47 Å². The second-order valence-electron chi connectivity index (χ2n) is 5.67. The maximum Gasteiger partial charge on any atom is 0.306 e. The lowest BCUT2D eigenvalue weighted by Gasteiger charge is -2.07. The van der Waals surface area contributed by atoms with E-state index in [0.717, 1.165) is 0 Å². The molecule has 0 bridgehead atoms. The zero-order valence-corrected chi connectivity index (χ0v) is 15.0. The molecule has 9 nitrogen and oxygen atoms in total. The quantitative estimate of drug-likeness (QED) is 0.304. The molecule has 0 radical (unpaired) electrons. The molecule has 1 N–H and O–H groups in total. The van der Waals surface area contributed by atoms with Crippen molar-refractivity contribution in [1.82, 2.24) is 0 Å². The van der Waals surface area contributed by atoms with Gasteiger partial charge in [0, 0.05) is 29.8 Å². The van der Waals surface area contributed by atoms with Gasteiger partial charge in [0.15, 0.2) is 12.4 Å². The molecule has 2 rings (SSSR count). The number of ether oxygens (including phenoxy) is 2. The van der Waals surface area contributed by atoms with Crippen LogP contribution in [0, 0.1) is 10.1 Å². The van der Waals surface area contributed by atoms with E-state index >= 15 is 0 Å². The van der Waals surface area contributed by atoms with E-state index in [1.165, 1.54) is 37.4 Å². The van der Waals surface area contributed by atoms with E-state index in [2.05, 4.69) is 5.32 Å². The van der Waals surface area contributed by atoms with Crippen LogP contribution in [0.15, 0.2) is 48.5 Å². The van der Waals surface area contributed by atoms with Crippen LogP contribution in [0.1, 0.15) is 23.2 Å². The Morgan fingerprint density at radius 2 is 1.82 bits per heavy atom. The Kier molecular flexibility index (Phi) is 7.21. The molecule has 0 saturated heterocycles. The van der Waals surface area contributed by atoms with Crippen LogP contribution in [0.25, 0.3) is 0 Å². The number of nitro benzene ring substituents is 1. The average molecular weight is 386 g/mol. The van der Waals surface area contributed by atoms with E-state index in [-0.39, 0.29) is 24.2 Å². The van der Waals surface area contributed by atoms with Gasteiger partial charge in [0.05, 0.1) is 18.5 Å². The molecule has 2 aromatic rings. The summed E-state index contributed by atoms with van der Waals surface area (Å²) < 4.78 is 9.91. The maximum atomic E-state index is 12.0. The van der Waals surface area contributed by atoms with Crippen LogP contribution < -0.4 is 10.1 Å². The lowest BCUT2D eigenvalue weighted by atomic mass is 10.1. The number of benzene rings is 2. The molecule has 2 aromatic carbocycles. The largest absolute Gasteiger partial charge is 0.497 e. The standard InChI is InChI=1S/C19H18N2O7/c1-27-16-7-2-4-13(10-16)17(22)12-28-19(24)9-8-18(23)20-14-5-3-6-15(11-14)21(25)26/h2-7,10-11H,8-9,12H2,1H3,(H,20,23). The van der Waals surface area contributed by atoms with Gasteiger partial charge >= 0.3 is 5.97 Å². The summed E-state index contributed by atoms with van der Waals surface area (Å²) in [5.41, 5.74) is 0.435. The van der Waals surface area contributed by atoms with Gasteiger partial charge in [-0.2, -0.15) is 0 Å². The smallest absolute Gasteiger partial charge is 0.306 e. The van der Waals surface area contributed by atoms with E-state index in [1.54, 1.807) is 18.2 Å². The molecule has 0 atom stereocenters. The Labute approximate surface area is 160 Å². The normalized spacial score (nSPS) is 10.0.